The van der Waals surface area contributed by atoms with E-state index in [0.717, 1.165) is 12.8 Å². The number of amides is 1. The van der Waals surface area contributed by atoms with Gasteiger partial charge in [0.05, 0.1) is 12.5 Å². The van der Waals surface area contributed by atoms with Crippen molar-refractivity contribution >= 4 is 12.1 Å². The second-order valence-electron chi connectivity index (χ2n) is 6.27. The zero-order valence-electron chi connectivity index (χ0n) is 13.6. The number of ether oxygens (including phenoxy) is 2. The van der Waals surface area contributed by atoms with Gasteiger partial charge in [-0.2, -0.15) is 0 Å². The lowest BCUT2D eigenvalue weighted by molar-refractivity contribution is -0.149. The fourth-order valence-electron chi connectivity index (χ4n) is 2.60. The molecule has 5 heteroatoms. The maximum absolute atomic E-state index is 12.3. The molecule has 2 atom stereocenters. The molecule has 0 saturated carbocycles. The Hall–Kier alpha value is -1.52. The van der Waals surface area contributed by atoms with Crippen molar-refractivity contribution in [2.24, 2.45) is 5.92 Å². The molecule has 0 aromatic rings. The third-order valence-corrected chi connectivity index (χ3v) is 3.40. The molecule has 1 amide bonds. The van der Waals surface area contributed by atoms with Gasteiger partial charge < -0.3 is 14.4 Å². The molecule has 0 aliphatic carbocycles. The molecule has 0 aromatic heterocycles. The largest absolute Gasteiger partial charge is 0.466 e. The van der Waals surface area contributed by atoms with Crippen molar-refractivity contribution < 1.29 is 19.1 Å². The Morgan fingerprint density at radius 2 is 2.10 bits per heavy atom. The summed E-state index contributed by atoms with van der Waals surface area (Å²) in [4.78, 5) is 26.1. The van der Waals surface area contributed by atoms with Crippen molar-refractivity contribution in [2.45, 2.75) is 58.6 Å². The molecule has 1 fully saturated rings. The van der Waals surface area contributed by atoms with Crippen LogP contribution in [0.15, 0.2) is 12.7 Å². The third-order valence-electron chi connectivity index (χ3n) is 3.40. The Kier molecular flexibility index (Phi) is 6.24. The molecular formula is C16H27NO4. The summed E-state index contributed by atoms with van der Waals surface area (Å²) in [6, 6.07) is -0.170. The highest BCUT2D eigenvalue weighted by atomic mass is 16.6. The van der Waals surface area contributed by atoms with Gasteiger partial charge in [-0.25, -0.2) is 4.79 Å². The Morgan fingerprint density at radius 3 is 2.62 bits per heavy atom. The van der Waals surface area contributed by atoms with Gasteiger partial charge >= 0.3 is 12.1 Å². The normalized spacial score (nSPS) is 20.0. The quantitative estimate of drug-likeness (QED) is 0.578. The van der Waals surface area contributed by atoms with Crippen LogP contribution in [0.2, 0.25) is 0 Å². The van der Waals surface area contributed by atoms with Crippen LogP contribution in [0, 0.1) is 5.92 Å². The van der Waals surface area contributed by atoms with Crippen LogP contribution in [0.4, 0.5) is 4.79 Å². The van der Waals surface area contributed by atoms with Crippen LogP contribution in [0.3, 0.4) is 0 Å². The van der Waals surface area contributed by atoms with E-state index < -0.39 is 5.60 Å². The Balaban J connectivity index is 2.83. The lowest BCUT2D eigenvalue weighted by atomic mass is 9.94. The molecule has 1 heterocycles. The maximum atomic E-state index is 12.3. The van der Waals surface area contributed by atoms with Crippen LogP contribution in [0.25, 0.3) is 0 Å². The molecule has 0 N–H and O–H groups in total. The Morgan fingerprint density at radius 1 is 1.43 bits per heavy atom. The van der Waals surface area contributed by atoms with E-state index in [-0.39, 0.29) is 24.0 Å². The molecule has 0 radical (unpaired) electrons. The average molecular weight is 297 g/mol. The van der Waals surface area contributed by atoms with Gasteiger partial charge in [0, 0.05) is 12.6 Å². The minimum atomic E-state index is -0.540. The number of carbonyl (C=O) groups is 2. The summed E-state index contributed by atoms with van der Waals surface area (Å²) < 4.78 is 10.6. The molecule has 1 rings (SSSR count). The van der Waals surface area contributed by atoms with Crippen LogP contribution in [0.1, 0.15) is 47.0 Å². The summed E-state index contributed by atoms with van der Waals surface area (Å²) in [6.45, 7) is 11.9. The maximum Gasteiger partial charge on any atom is 0.410 e. The van der Waals surface area contributed by atoms with Crippen molar-refractivity contribution in [1.82, 2.24) is 4.90 Å². The van der Waals surface area contributed by atoms with Gasteiger partial charge in [-0.15, -0.1) is 6.58 Å². The predicted molar refractivity (Wildman–Crippen MR) is 80.9 cm³/mol. The SMILES string of the molecule is C=CC[C@H](C(=O)OCC)[C@H]1CCCN1C(=O)OC(C)(C)C. The number of esters is 1. The van der Waals surface area contributed by atoms with E-state index in [1.165, 1.54) is 0 Å². The molecule has 5 nitrogen and oxygen atoms in total. The van der Waals surface area contributed by atoms with E-state index >= 15 is 0 Å². The molecule has 21 heavy (non-hydrogen) atoms. The number of hydrogen-bond donors (Lipinski definition) is 0. The van der Waals surface area contributed by atoms with Gasteiger partial charge in [-0.3, -0.25) is 4.79 Å². The van der Waals surface area contributed by atoms with Crippen molar-refractivity contribution in [1.29, 1.82) is 0 Å². The second-order valence-corrected chi connectivity index (χ2v) is 6.27. The minimum Gasteiger partial charge on any atom is -0.466 e. The highest BCUT2D eigenvalue weighted by molar-refractivity contribution is 5.76. The van der Waals surface area contributed by atoms with Gasteiger partial charge in [0.2, 0.25) is 0 Å². The summed E-state index contributed by atoms with van der Waals surface area (Å²) in [7, 11) is 0. The molecule has 1 saturated heterocycles. The van der Waals surface area contributed by atoms with Crippen LogP contribution in [-0.4, -0.2) is 41.8 Å². The molecular weight excluding hydrogens is 270 g/mol. The predicted octanol–water partition coefficient (Wildman–Crippen LogP) is 3.14. The van der Waals surface area contributed by atoms with E-state index in [9.17, 15) is 9.59 Å². The van der Waals surface area contributed by atoms with Crippen molar-refractivity contribution in [2.75, 3.05) is 13.2 Å². The summed E-state index contributed by atoms with van der Waals surface area (Å²) in [6.07, 6.45) is 3.51. The summed E-state index contributed by atoms with van der Waals surface area (Å²) in [5, 5.41) is 0. The molecule has 120 valence electrons. The number of rotatable bonds is 5. The first-order valence-electron chi connectivity index (χ1n) is 7.57. The highest BCUT2D eigenvalue weighted by Crippen LogP contribution is 2.29. The molecule has 0 unspecified atom stereocenters. The van der Waals surface area contributed by atoms with E-state index in [0.29, 0.717) is 19.6 Å². The lowest BCUT2D eigenvalue weighted by Gasteiger charge is -2.31. The molecule has 1 aliphatic rings. The molecule has 1 aliphatic heterocycles. The van der Waals surface area contributed by atoms with E-state index in [1.54, 1.807) is 17.9 Å². The third kappa shape index (κ3) is 5.06. The number of carbonyl (C=O) groups excluding carboxylic acids is 2. The molecule has 0 bridgehead atoms. The minimum absolute atomic E-state index is 0.170. The zero-order chi connectivity index (χ0) is 16.0. The van der Waals surface area contributed by atoms with Crippen molar-refractivity contribution in [3.63, 3.8) is 0 Å². The zero-order valence-corrected chi connectivity index (χ0v) is 13.6. The summed E-state index contributed by atoms with van der Waals surface area (Å²) in [5.41, 5.74) is -0.540. The number of nitrogens with zero attached hydrogens (tertiary/aromatic N) is 1. The fraction of sp³-hybridized carbons (Fsp3) is 0.750. The smallest absolute Gasteiger partial charge is 0.410 e. The number of allylic oxidation sites excluding steroid dienone is 1. The van der Waals surface area contributed by atoms with Crippen molar-refractivity contribution in [3.05, 3.63) is 12.7 Å². The van der Waals surface area contributed by atoms with Crippen LogP contribution >= 0.6 is 0 Å². The monoisotopic (exact) mass is 297 g/mol. The van der Waals surface area contributed by atoms with Crippen molar-refractivity contribution in [3.8, 4) is 0 Å². The number of hydrogen-bond acceptors (Lipinski definition) is 4. The van der Waals surface area contributed by atoms with E-state index in [1.807, 2.05) is 20.8 Å². The van der Waals surface area contributed by atoms with Crippen LogP contribution in [-0.2, 0) is 14.3 Å². The van der Waals surface area contributed by atoms with Crippen LogP contribution < -0.4 is 0 Å². The standard InChI is InChI=1S/C16H27NO4/c1-6-9-12(14(18)20-7-2)13-10-8-11-17(13)15(19)21-16(3,4)5/h6,12-13H,1,7-11H2,2-5H3/t12-,13+/m0/s1. The topological polar surface area (TPSA) is 55.8 Å². The lowest BCUT2D eigenvalue weighted by Crippen LogP contribution is -2.45. The van der Waals surface area contributed by atoms with E-state index in [2.05, 4.69) is 6.58 Å². The fourth-order valence-corrected chi connectivity index (χ4v) is 2.60. The summed E-state index contributed by atoms with van der Waals surface area (Å²) >= 11 is 0. The van der Waals surface area contributed by atoms with Gasteiger partial charge in [0.25, 0.3) is 0 Å². The first kappa shape index (κ1) is 17.5. The second kappa shape index (κ2) is 7.48. The number of likely N-dealkylation sites (tertiary alicyclic amines) is 1. The Bertz CT molecular complexity index is 386. The van der Waals surface area contributed by atoms with Gasteiger partial charge in [0.15, 0.2) is 0 Å². The molecule has 0 spiro atoms. The van der Waals surface area contributed by atoms with Gasteiger partial charge in [0.1, 0.15) is 5.60 Å². The summed E-state index contributed by atoms with van der Waals surface area (Å²) in [5.74, 6) is -0.629. The first-order valence-corrected chi connectivity index (χ1v) is 7.57. The first-order chi connectivity index (χ1) is 9.80. The average Bonchev–Trinajstić information content (AvgIpc) is 2.83. The van der Waals surface area contributed by atoms with E-state index in [4.69, 9.17) is 9.47 Å². The highest BCUT2D eigenvalue weighted by Gasteiger charge is 2.40. The van der Waals surface area contributed by atoms with Gasteiger partial charge in [-0.05, 0) is 47.0 Å². The van der Waals surface area contributed by atoms with Gasteiger partial charge in [-0.1, -0.05) is 6.08 Å². The molecule has 0 aromatic carbocycles. The Labute approximate surface area is 127 Å². The van der Waals surface area contributed by atoms with Crippen LogP contribution in [0.5, 0.6) is 0 Å².